The molecule has 2 nitrogen and oxygen atoms in total. The minimum absolute atomic E-state index is 0.322. The Bertz CT molecular complexity index is 451. The van der Waals surface area contributed by atoms with Crippen LogP contribution in [0.2, 0.25) is 0 Å². The molecular weight excluding hydrogens is 235 g/mol. The van der Waals surface area contributed by atoms with Crippen molar-refractivity contribution in [3.8, 4) is 0 Å². The molecule has 1 saturated heterocycles. The van der Waals surface area contributed by atoms with Gasteiger partial charge in [-0.1, -0.05) is 43.3 Å². The lowest BCUT2D eigenvalue weighted by Crippen LogP contribution is -2.41. The quantitative estimate of drug-likeness (QED) is 0.607. The molecule has 0 radical (unpaired) electrons. The highest BCUT2D eigenvalue weighted by Crippen LogP contribution is 2.43. The summed E-state index contributed by atoms with van der Waals surface area (Å²) in [7, 11) is -0.322. The molecule has 1 aromatic carbocycles. The van der Waals surface area contributed by atoms with E-state index < -0.39 is 0 Å². The Morgan fingerprint density at radius 3 is 1.95 bits per heavy atom. The van der Waals surface area contributed by atoms with Gasteiger partial charge in [-0.25, -0.2) is 0 Å². The Morgan fingerprint density at radius 2 is 1.53 bits per heavy atom. The van der Waals surface area contributed by atoms with Crippen molar-refractivity contribution in [3.05, 3.63) is 48.6 Å². The van der Waals surface area contributed by atoms with E-state index in [0.717, 1.165) is 5.56 Å². The van der Waals surface area contributed by atoms with Gasteiger partial charge in [0.25, 0.3) is 0 Å². The summed E-state index contributed by atoms with van der Waals surface area (Å²) in [4.78, 5) is 0. The molecule has 0 aromatic heterocycles. The molecular formula is C16H23BO2. The second kappa shape index (κ2) is 4.50. The predicted molar refractivity (Wildman–Crippen MR) is 80.1 cm³/mol. The van der Waals surface area contributed by atoms with Crippen LogP contribution in [0.1, 0.15) is 40.2 Å². The molecule has 1 aliphatic heterocycles. The summed E-state index contributed by atoms with van der Waals surface area (Å²) in [6, 6.07) is 10.3. The average molecular weight is 258 g/mol. The summed E-state index contributed by atoms with van der Waals surface area (Å²) < 4.78 is 12.4. The van der Waals surface area contributed by atoms with Gasteiger partial charge in [-0.3, -0.25) is 0 Å². The first-order valence-electron chi connectivity index (χ1n) is 6.78. The molecule has 1 atom stereocenters. The van der Waals surface area contributed by atoms with Gasteiger partial charge in [0.2, 0.25) is 0 Å². The molecule has 0 N–H and O–H groups in total. The van der Waals surface area contributed by atoms with Gasteiger partial charge in [-0.15, -0.1) is 6.58 Å². The van der Waals surface area contributed by atoms with E-state index in [1.54, 1.807) is 0 Å². The molecule has 19 heavy (non-hydrogen) atoms. The maximum atomic E-state index is 6.18. The first-order chi connectivity index (χ1) is 8.73. The van der Waals surface area contributed by atoms with Crippen LogP contribution < -0.4 is 0 Å². The van der Waals surface area contributed by atoms with E-state index in [1.165, 1.54) is 0 Å². The van der Waals surface area contributed by atoms with Crippen molar-refractivity contribution in [3.63, 3.8) is 0 Å². The lowest BCUT2D eigenvalue weighted by atomic mass is 9.55. The molecule has 1 heterocycles. The Kier molecular flexibility index (Phi) is 3.40. The molecule has 0 bridgehead atoms. The summed E-state index contributed by atoms with van der Waals surface area (Å²) in [6.45, 7) is 14.4. The SMILES string of the molecule is C=C[C@@](C)(B1OC(C)(C)C(C)(C)O1)c1ccccc1. The van der Waals surface area contributed by atoms with E-state index >= 15 is 0 Å². The fourth-order valence-electron chi connectivity index (χ4n) is 2.24. The Hall–Kier alpha value is -1.06. The lowest BCUT2D eigenvalue weighted by Gasteiger charge is -2.32. The van der Waals surface area contributed by atoms with Gasteiger partial charge in [0.1, 0.15) is 0 Å². The molecule has 1 aromatic rings. The zero-order valence-corrected chi connectivity index (χ0v) is 12.6. The third-order valence-electron chi connectivity index (χ3n) is 4.56. The monoisotopic (exact) mass is 258 g/mol. The molecule has 3 heteroatoms. The molecule has 0 saturated carbocycles. The second-order valence-corrected chi connectivity index (χ2v) is 6.44. The first kappa shape index (κ1) is 14.4. The van der Waals surface area contributed by atoms with Crippen molar-refractivity contribution in [2.75, 3.05) is 0 Å². The second-order valence-electron chi connectivity index (χ2n) is 6.44. The summed E-state index contributed by atoms with van der Waals surface area (Å²) in [6.07, 6.45) is 1.92. The highest BCUT2D eigenvalue weighted by Gasteiger charge is 2.57. The van der Waals surface area contributed by atoms with E-state index in [1.807, 2.05) is 24.3 Å². The van der Waals surface area contributed by atoms with E-state index in [0.29, 0.717) is 0 Å². The molecule has 1 aliphatic rings. The highest BCUT2D eigenvalue weighted by atomic mass is 16.7. The fraction of sp³-hybridized carbons (Fsp3) is 0.500. The van der Waals surface area contributed by atoms with Crippen molar-refractivity contribution in [2.24, 2.45) is 0 Å². The Morgan fingerprint density at radius 1 is 1.05 bits per heavy atom. The molecule has 102 valence electrons. The molecule has 0 amide bonds. The molecule has 0 unspecified atom stereocenters. The van der Waals surface area contributed by atoms with Crippen LogP contribution in [0, 0.1) is 0 Å². The van der Waals surface area contributed by atoms with E-state index in [-0.39, 0.29) is 23.6 Å². The fourth-order valence-corrected chi connectivity index (χ4v) is 2.24. The standard InChI is InChI=1S/C16H23BO2/c1-7-16(6,13-11-9-8-10-12-13)17-18-14(2,3)15(4,5)19-17/h7-12H,1H2,2-6H3/t16-/m1/s1. The van der Waals surface area contributed by atoms with Crippen LogP contribution in [-0.2, 0) is 14.6 Å². The summed E-state index contributed by atoms with van der Waals surface area (Å²) >= 11 is 0. The summed E-state index contributed by atoms with van der Waals surface area (Å²) in [5.41, 5.74) is 0.511. The zero-order valence-electron chi connectivity index (χ0n) is 12.6. The van der Waals surface area contributed by atoms with Crippen LogP contribution in [0.3, 0.4) is 0 Å². The molecule has 0 spiro atoms. The maximum Gasteiger partial charge on any atom is 0.472 e. The normalized spacial score (nSPS) is 23.9. The van der Waals surface area contributed by atoms with Crippen molar-refractivity contribution in [2.45, 2.75) is 51.1 Å². The number of allylic oxidation sites excluding steroid dienone is 1. The molecule has 0 aliphatic carbocycles. The molecule has 1 fully saturated rings. The third kappa shape index (κ3) is 2.26. The number of rotatable bonds is 3. The van der Waals surface area contributed by atoms with Gasteiger partial charge in [-0.05, 0) is 33.3 Å². The first-order valence-corrected chi connectivity index (χ1v) is 6.78. The van der Waals surface area contributed by atoms with E-state index in [4.69, 9.17) is 9.31 Å². The van der Waals surface area contributed by atoms with Crippen molar-refractivity contribution in [1.29, 1.82) is 0 Å². The van der Waals surface area contributed by atoms with E-state index in [2.05, 4.69) is 53.3 Å². The van der Waals surface area contributed by atoms with E-state index in [9.17, 15) is 0 Å². The van der Waals surface area contributed by atoms with Crippen LogP contribution in [-0.4, -0.2) is 18.3 Å². The summed E-state index contributed by atoms with van der Waals surface area (Å²) in [5.74, 6) is 0. The average Bonchev–Trinajstić information content (AvgIpc) is 2.59. The topological polar surface area (TPSA) is 18.5 Å². The zero-order chi connectivity index (χ0) is 14.3. The van der Waals surface area contributed by atoms with Crippen molar-refractivity contribution in [1.82, 2.24) is 0 Å². The number of hydrogen-bond donors (Lipinski definition) is 0. The van der Waals surface area contributed by atoms with Gasteiger partial charge in [-0.2, -0.15) is 0 Å². The lowest BCUT2D eigenvalue weighted by molar-refractivity contribution is 0.00578. The Labute approximate surface area is 117 Å². The van der Waals surface area contributed by atoms with Crippen molar-refractivity contribution < 1.29 is 9.31 Å². The van der Waals surface area contributed by atoms with Gasteiger partial charge in [0.05, 0.1) is 11.2 Å². The van der Waals surface area contributed by atoms with Gasteiger partial charge < -0.3 is 9.31 Å². The molecule has 2 rings (SSSR count). The third-order valence-corrected chi connectivity index (χ3v) is 4.56. The van der Waals surface area contributed by atoms with Gasteiger partial charge in [0, 0.05) is 5.31 Å². The number of hydrogen-bond acceptors (Lipinski definition) is 2. The van der Waals surface area contributed by atoms with Gasteiger partial charge in [0.15, 0.2) is 0 Å². The number of benzene rings is 1. The minimum atomic E-state index is -0.355. The predicted octanol–water partition coefficient (Wildman–Crippen LogP) is 3.76. The minimum Gasteiger partial charge on any atom is -0.402 e. The smallest absolute Gasteiger partial charge is 0.402 e. The van der Waals surface area contributed by atoms with Crippen molar-refractivity contribution >= 4 is 7.12 Å². The van der Waals surface area contributed by atoms with Crippen LogP contribution in [0.4, 0.5) is 0 Å². The van der Waals surface area contributed by atoms with Crippen LogP contribution in [0.5, 0.6) is 0 Å². The maximum absolute atomic E-state index is 6.18. The summed E-state index contributed by atoms with van der Waals surface area (Å²) in [5, 5.41) is -0.355. The van der Waals surface area contributed by atoms with Gasteiger partial charge >= 0.3 is 7.12 Å². The van der Waals surface area contributed by atoms with Crippen LogP contribution in [0.25, 0.3) is 0 Å². The highest BCUT2D eigenvalue weighted by molar-refractivity contribution is 6.50. The largest absolute Gasteiger partial charge is 0.472 e. The van der Waals surface area contributed by atoms with Crippen LogP contribution >= 0.6 is 0 Å². The Balaban J connectivity index is 2.38. The van der Waals surface area contributed by atoms with Crippen LogP contribution in [0.15, 0.2) is 43.0 Å².